The van der Waals surface area contributed by atoms with E-state index in [1.807, 2.05) is 4.90 Å². The number of ether oxygens (including phenoxy) is 2. The van der Waals surface area contributed by atoms with Gasteiger partial charge in [-0.1, -0.05) is 11.6 Å². The van der Waals surface area contributed by atoms with Crippen LogP contribution in [0.3, 0.4) is 0 Å². The van der Waals surface area contributed by atoms with Crippen LogP contribution >= 0.6 is 11.6 Å². The highest BCUT2D eigenvalue weighted by molar-refractivity contribution is 7.89. The number of hydrogen-bond donors (Lipinski definition) is 1. The molecule has 2 aromatic carbocycles. The van der Waals surface area contributed by atoms with Crippen molar-refractivity contribution >= 4 is 27.7 Å². The van der Waals surface area contributed by atoms with Crippen LogP contribution in [0.15, 0.2) is 47.4 Å². The van der Waals surface area contributed by atoms with Crippen molar-refractivity contribution < 1.29 is 36.6 Å². The number of hydrogen-bond acceptors (Lipinski definition) is 7. The molecule has 2 atom stereocenters. The van der Waals surface area contributed by atoms with E-state index in [-0.39, 0.29) is 36.9 Å². The van der Waals surface area contributed by atoms with E-state index in [9.17, 15) is 22.0 Å². The summed E-state index contributed by atoms with van der Waals surface area (Å²) in [7, 11) is -4.22. The number of nitrogens with zero attached hydrogens (tertiary/aromatic N) is 3. The Kier molecular flexibility index (Phi) is 8.98. The van der Waals surface area contributed by atoms with Crippen molar-refractivity contribution in [2.45, 2.75) is 17.0 Å². The van der Waals surface area contributed by atoms with Gasteiger partial charge in [0.25, 0.3) is 0 Å². The minimum atomic E-state index is -4.22. The lowest BCUT2D eigenvalue weighted by atomic mass is 10.0. The number of aliphatic hydroxyl groups is 1. The Hall–Kier alpha value is -2.35. The van der Waals surface area contributed by atoms with E-state index in [1.165, 1.54) is 29.2 Å². The van der Waals surface area contributed by atoms with Gasteiger partial charge in [-0.3, -0.25) is 4.90 Å². The number of halogens is 3. The molecule has 2 fully saturated rings. The number of aliphatic hydroxyl groups excluding tert-OH is 1. The molecule has 1 amide bonds. The molecule has 1 N–H and O–H groups in total. The first-order chi connectivity index (χ1) is 17.7. The fraction of sp³-hybridized carbons (Fsp3) is 0.458. The van der Waals surface area contributed by atoms with Gasteiger partial charge in [0.15, 0.2) is 0 Å². The van der Waals surface area contributed by atoms with Crippen LogP contribution in [0.4, 0.5) is 13.6 Å². The summed E-state index contributed by atoms with van der Waals surface area (Å²) in [5, 5.41) is 9.42. The second-order valence-electron chi connectivity index (χ2n) is 8.83. The summed E-state index contributed by atoms with van der Waals surface area (Å²) in [5.74, 6) is -1.71. The van der Waals surface area contributed by atoms with Crippen molar-refractivity contribution in [1.82, 2.24) is 14.1 Å². The first kappa shape index (κ1) is 27.7. The Morgan fingerprint density at radius 1 is 1.05 bits per heavy atom. The number of carbonyl (C=O) groups excluding carboxylic acids is 1. The number of amides is 1. The average molecular weight is 560 g/mol. The molecule has 0 saturated carbocycles. The van der Waals surface area contributed by atoms with E-state index in [2.05, 4.69) is 0 Å². The van der Waals surface area contributed by atoms with Gasteiger partial charge in [-0.05, 0) is 42.0 Å². The molecule has 0 spiro atoms. The zero-order valence-corrected chi connectivity index (χ0v) is 21.5. The average Bonchev–Trinajstić information content (AvgIpc) is 2.87. The maximum absolute atomic E-state index is 14.1. The zero-order valence-electron chi connectivity index (χ0n) is 19.9. The molecule has 0 aliphatic carbocycles. The predicted molar refractivity (Wildman–Crippen MR) is 131 cm³/mol. The molecule has 2 aliphatic rings. The smallest absolute Gasteiger partial charge is 0.409 e. The summed E-state index contributed by atoms with van der Waals surface area (Å²) in [6.07, 6.45) is -0.605. The van der Waals surface area contributed by atoms with Gasteiger partial charge in [0.1, 0.15) is 18.2 Å². The second-order valence-corrected chi connectivity index (χ2v) is 11.1. The number of piperazine rings is 1. The molecule has 0 radical (unpaired) electrons. The normalized spacial score (nSPS) is 21.7. The Morgan fingerprint density at radius 3 is 2.32 bits per heavy atom. The SMILES string of the molecule is O=C(OCC1COCC(c2cc(F)cc(F)c2)N1S(=O)(=O)c1ccc(Cl)cc1)N1CCN(CCO)CC1. The molecule has 0 bridgehead atoms. The Balaban J connectivity index is 1.57. The van der Waals surface area contributed by atoms with Gasteiger partial charge in [0.2, 0.25) is 10.0 Å². The van der Waals surface area contributed by atoms with E-state index in [1.54, 1.807) is 0 Å². The third-order valence-electron chi connectivity index (χ3n) is 6.36. The fourth-order valence-corrected chi connectivity index (χ4v) is 6.38. The Bertz CT molecular complexity index is 1180. The standard InChI is InChI=1S/C24H28ClF2N3O6S/c25-18-1-3-22(4-2-18)37(33,34)30-21(14-35-16-23(30)17-11-19(26)13-20(27)12-17)15-36-24(32)29-7-5-28(6-8-29)9-10-31/h1-4,11-13,21,23,31H,5-10,14-16H2. The van der Waals surface area contributed by atoms with Gasteiger partial charge in [0, 0.05) is 43.8 Å². The van der Waals surface area contributed by atoms with Crippen LogP contribution in [0, 0.1) is 11.6 Å². The van der Waals surface area contributed by atoms with E-state index in [0.29, 0.717) is 43.8 Å². The van der Waals surface area contributed by atoms with Gasteiger partial charge in [-0.25, -0.2) is 22.0 Å². The molecule has 4 rings (SSSR count). The lowest BCUT2D eigenvalue weighted by molar-refractivity contribution is -0.0323. The highest BCUT2D eigenvalue weighted by Gasteiger charge is 2.42. The molecular weight excluding hydrogens is 532 g/mol. The molecule has 2 saturated heterocycles. The molecule has 9 nitrogen and oxygen atoms in total. The van der Waals surface area contributed by atoms with E-state index < -0.39 is 39.8 Å². The third kappa shape index (κ3) is 6.57. The maximum Gasteiger partial charge on any atom is 0.409 e. The van der Waals surface area contributed by atoms with Crippen LogP contribution in [0.2, 0.25) is 5.02 Å². The number of carbonyl (C=O) groups is 1. The summed E-state index contributed by atoms with van der Waals surface area (Å²) in [6, 6.07) is 6.33. The van der Waals surface area contributed by atoms with Crippen molar-refractivity contribution in [2.24, 2.45) is 0 Å². The molecule has 2 unspecified atom stereocenters. The van der Waals surface area contributed by atoms with Crippen molar-refractivity contribution in [3.63, 3.8) is 0 Å². The molecule has 13 heteroatoms. The zero-order chi connectivity index (χ0) is 26.6. The van der Waals surface area contributed by atoms with Crippen LogP contribution in [0.1, 0.15) is 11.6 Å². The highest BCUT2D eigenvalue weighted by Crippen LogP contribution is 2.34. The maximum atomic E-state index is 14.1. The largest absolute Gasteiger partial charge is 0.448 e. The van der Waals surface area contributed by atoms with Crippen LogP contribution in [-0.4, -0.2) is 98.9 Å². The third-order valence-corrected chi connectivity index (χ3v) is 8.59. The van der Waals surface area contributed by atoms with Crippen molar-refractivity contribution in [2.75, 3.05) is 59.2 Å². The molecule has 37 heavy (non-hydrogen) atoms. The van der Waals surface area contributed by atoms with E-state index >= 15 is 0 Å². The molecule has 202 valence electrons. The van der Waals surface area contributed by atoms with Crippen LogP contribution < -0.4 is 0 Å². The Labute approximate surface area is 219 Å². The predicted octanol–water partition coefficient (Wildman–Crippen LogP) is 2.50. The minimum Gasteiger partial charge on any atom is -0.448 e. The first-order valence-electron chi connectivity index (χ1n) is 11.8. The van der Waals surface area contributed by atoms with Gasteiger partial charge in [-0.2, -0.15) is 4.31 Å². The molecule has 2 aliphatic heterocycles. The Morgan fingerprint density at radius 2 is 1.70 bits per heavy atom. The number of β-amino-alcohol motifs (C(OH)–C–C–N with tert-alkyl or cyclic N) is 1. The molecule has 2 aromatic rings. The van der Waals surface area contributed by atoms with Crippen molar-refractivity contribution in [3.8, 4) is 0 Å². The monoisotopic (exact) mass is 559 g/mol. The first-order valence-corrected chi connectivity index (χ1v) is 13.6. The summed E-state index contributed by atoms with van der Waals surface area (Å²) < 4.78 is 67.9. The number of rotatable bonds is 7. The summed E-state index contributed by atoms with van der Waals surface area (Å²) in [6.45, 7) is 1.94. The number of sulfonamides is 1. The lowest BCUT2D eigenvalue weighted by Gasteiger charge is -2.41. The number of morpholine rings is 1. The number of benzene rings is 2. The van der Waals surface area contributed by atoms with Crippen LogP contribution in [-0.2, 0) is 19.5 Å². The highest BCUT2D eigenvalue weighted by atomic mass is 35.5. The second kappa shape index (κ2) is 12.0. The van der Waals surface area contributed by atoms with Crippen molar-refractivity contribution in [3.05, 3.63) is 64.7 Å². The van der Waals surface area contributed by atoms with E-state index in [4.69, 9.17) is 26.2 Å². The van der Waals surface area contributed by atoms with Gasteiger partial charge in [0.05, 0.1) is 36.8 Å². The molecule has 2 heterocycles. The van der Waals surface area contributed by atoms with Crippen LogP contribution in [0.5, 0.6) is 0 Å². The van der Waals surface area contributed by atoms with Gasteiger partial charge >= 0.3 is 6.09 Å². The molecular formula is C24H28ClF2N3O6S. The summed E-state index contributed by atoms with van der Waals surface area (Å²) >= 11 is 5.93. The van der Waals surface area contributed by atoms with Crippen molar-refractivity contribution in [1.29, 1.82) is 0 Å². The lowest BCUT2D eigenvalue weighted by Crippen LogP contribution is -2.54. The van der Waals surface area contributed by atoms with Gasteiger partial charge < -0.3 is 19.5 Å². The van der Waals surface area contributed by atoms with Gasteiger partial charge in [-0.15, -0.1) is 0 Å². The summed E-state index contributed by atoms with van der Waals surface area (Å²) in [4.78, 5) is 16.2. The van der Waals surface area contributed by atoms with E-state index in [0.717, 1.165) is 16.4 Å². The quantitative estimate of drug-likeness (QED) is 0.556. The topological polar surface area (TPSA) is 99.6 Å². The van der Waals surface area contributed by atoms with Crippen LogP contribution in [0.25, 0.3) is 0 Å². The molecule has 0 aromatic heterocycles. The fourth-order valence-electron chi connectivity index (χ4n) is 4.50. The minimum absolute atomic E-state index is 0.0282. The summed E-state index contributed by atoms with van der Waals surface area (Å²) in [5.41, 5.74) is 0.0751.